The lowest BCUT2D eigenvalue weighted by atomic mass is 10.2. The monoisotopic (exact) mass is 184 g/mol. The van der Waals surface area contributed by atoms with Gasteiger partial charge in [-0.2, -0.15) is 0 Å². The molecule has 0 saturated carbocycles. The summed E-state index contributed by atoms with van der Waals surface area (Å²) in [5.41, 5.74) is 7.73. The Labute approximate surface area is 82.5 Å². The molecule has 0 aliphatic heterocycles. The highest BCUT2D eigenvalue weighted by Crippen LogP contribution is 1.94. The highest BCUT2D eigenvalue weighted by molar-refractivity contribution is 6.52. The maximum atomic E-state index is 3.13. The van der Waals surface area contributed by atoms with Gasteiger partial charge in [0, 0.05) is 5.56 Å². The number of hydrogen-bond acceptors (Lipinski definition) is 0. The number of rotatable bonds is 1. The van der Waals surface area contributed by atoms with Gasteiger partial charge in [-0.05, 0) is 26.0 Å². The van der Waals surface area contributed by atoms with E-state index in [0.717, 1.165) is 5.56 Å². The van der Waals surface area contributed by atoms with Gasteiger partial charge in [-0.1, -0.05) is 35.4 Å². The van der Waals surface area contributed by atoms with Crippen LogP contribution in [0.2, 0.25) is 0 Å². The zero-order chi connectivity index (χ0) is 9.52. The van der Waals surface area contributed by atoms with Crippen molar-refractivity contribution in [3.63, 3.8) is 0 Å². The second-order valence-electron chi connectivity index (χ2n) is 2.98. The average Bonchev–Trinajstić information content (AvgIpc) is 2.14. The summed E-state index contributed by atoms with van der Waals surface area (Å²) in [7, 11) is 0.615. The third-order valence-electron chi connectivity index (χ3n) is 1.41. The molecule has 1 heteroatoms. The molecule has 1 aromatic carbocycles. The van der Waals surface area contributed by atoms with Crippen molar-refractivity contribution < 1.29 is 0 Å². The first-order chi connectivity index (χ1) is 6.29. The second-order valence-corrected chi connectivity index (χ2v) is 3.81. The topological polar surface area (TPSA) is 0 Å². The third kappa shape index (κ3) is 4.34. The molecular formula is C12H12Si. The minimum atomic E-state index is 0.615. The van der Waals surface area contributed by atoms with E-state index in [9.17, 15) is 0 Å². The van der Waals surface area contributed by atoms with Gasteiger partial charge in [0.2, 0.25) is 0 Å². The van der Waals surface area contributed by atoms with Gasteiger partial charge in [-0.15, -0.1) is 5.54 Å². The molecule has 64 valence electrons. The van der Waals surface area contributed by atoms with Crippen LogP contribution < -0.4 is 0 Å². The molecule has 1 rings (SSSR count). The van der Waals surface area contributed by atoms with Crippen LogP contribution in [0.1, 0.15) is 19.4 Å². The average molecular weight is 184 g/mol. The summed E-state index contributed by atoms with van der Waals surface area (Å²) in [6.45, 7) is 4.19. The van der Waals surface area contributed by atoms with Crippen molar-refractivity contribution in [2.24, 2.45) is 0 Å². The van der Waals surface area contributed by atoms with E-state index < -0.39 is 0 Å². The Bertz CT molecular complexity index is 334. The molecule has 0 spiro atoms. The molecule has 0 N–H and O–H groups in total. The van der Waals surface area contributed by atoms with Crippen LogP contribution in [0.15, 0.2) is 41.6 Å². The fourth-order valence-corrected chi connectivity index (χ4v) is 1.39. The minimum Gasteiger partial charge on any atom is -0.125 e. The van der Waals surface area contributed by atoms with Gasteiger partial charge in [-0.25, -0.2) is 0 Å². The maximum absolute atomic E-state index is 3.13. The maximum Gasteiger partial charge on any atom is 0.178 e. The van der Waals surface area contributed by atoms with E-state index in [4.69, 9.17) is 0 Å². The molecule has 2 radical (unpaired) electrons. The smallest absolute Gasteiger partial charge is 0.125 e. The van der Waals surface area contributed by atoms with Crippen molar-refractivity contribution in [1.82, 2.24) is 0 Å². The summed E-state index contributed by atoms with van der Waals surface area (Å²) in [5.74, 6) is 3.12. The lowest BCUT2D eigenvalue weighted by Gasteiger charge is -1.85. The summed E-state index contributed by atoms with van der Waals surface area (Å²) in [5, 5.41) is 0. The van der Waals surface area contributed by atoms with E-state index in [1.807, 2.05) is 30.3 Å². The van der Waals surface area contributed by atoms with Crippen LogP contribution in [-0.2, 0) is 0 Å². The molecule has 0 saturated heterocycles. The number of benzene rings is 1. The summed E-state index contributed by atoms with van der Waals surface area (Å²) in [4.78, 5) is 0. The van der Waals surface area contributed by atoms with E-state index in [0.29, 0.717) is 9.52 Å². The van der Waals surface area contributed by atoms with E-state index >= 15 is 0 Å². The molecule has 0 bridgehead atoms. The van der Waals surface area contributed by atoms with Crippen molar-refractivity contribution in [3.8, 4) is 11.5 Å². The minimum absolute atomic E-state index is 0.615. The van der Waals surface area contributed by atoms with Crippen molar-refractivity contribution in [1.29, 1.82) is 0 Å². The third-order valence-corrected chi connectivity index (χ3v) is 2.40. The molecule has 0 fully saturated rings. The molecule has 0 unspecified atom stereocenters. The summed E-state index contributed by atoms with van der Waals surface area (Å²) in [6.07, 6.45) is 0. The van der Waals surface area contributed by atoms with Crippen LogP contribution in [0.4, 0.5) is 0 Å². The van der Waals surface area contributed by atoms with Crippen LogP contribution in [0.3, 0.4) is 0 Å². The van der Waals surface area contributed by atoms with Crippen LogP contribution in [0.25, 0.3) is 0 Å². The Morgan fingerprint density at radius 1 is 1.23 bits per heavy atom. The van der Waals surface area contributed by atoms with Crippen LogP contribution in [0.5, 0.6) is 0 Å². The van der Waals surface area contributed by atoms with E-state index in [-0.39, 0.29) is 0 Å². The second kappa shape index (κ2) is 5.39. The highest BCUT2D eigenvalue weighted by Gasteiger charge is 1.81. The van der Waals surface area contributed by atoms with E-state index in [1.165, 1.54) is 5.57 Å². The van der Waals surface area contributed by atoms with Crippen LogP contribution in [0, 0.1) is 11.5 Å². The van der Waals surface area contributed by atoms with E-state index in [2.05, 4.69) is 31.0 Å². The largest absolute Gasteiger partial charge is 0.178 e. The summed E-state index contributed by atoms with van der Waals surface area (Å²) < 4.78 is 0. The van der Waals surface area contributed by atoms with Crippen molar-refractivity contribution >= 4 is 9.52 Å². The molecule has 0 nitrogen and oxygen atoms in total. The standard InChI is InChI=1S/C12H12Si/c1-11(2)10-13-9-8-12-6-4-3-5-7-12/h3-7,10H,1-2H3. The summed E-state index contributed by atoms with van der Waals surface area (Å²) in [6, 6.07) is 10.1. The van der Waals surface area contributed by atoms with Gasteiger partial charge in [-0.3, -0.25) is 0 Å². The summed E-state index contributed by atoms with van der Waals surface area (Å²) >= 11 is 0. The lowest BCUT2D eigenvalue weighted by molar-refractivity contribution is 1.41. The van der Waals surface area contributed by atoms with Crippen LogP contribution >= 0.6 is 0 Å². The van der Waals surface area contributed by atoms with Crippen LogP contribution in [-0.4, -0.2) is 9.52 Å². The molecule has 13 heavy (non-hydrogen) atoms. The van der Waals surface area contributed by atoms with Gasteiger partial charge >= 0.3 is 0 Å². The van der Waals surface area contributed by atoms with E-state index in [1.54, 1.807) is 0 Å². The van der Waals surface area contributed by atoms with Gasteiger partial charge in [0.25, 0.3) is 0 Å². The highest BCUT2D eigenvalue weighted by atomic mass is 28.2. The van der Waals surface area contributed by atoms with Crippen molar-refractivity contribution in [2.45, 2.75) is 13.8 Å². The Hall–Kier alpha value is -1.26. The first kappa shape index (κ1) is 9.82. The Kier molecular flexibility index (Phi) is 4.08. The molecule has 0 aliphatic rings. The Morgan fingerprint density at radius 2 is 1.92 bits per heavy atom. The van der Waals surface area contributed by atoms with Gasteiger partial charge in [0.05, 0.1) is 0 Å². The SMILES string of the molecule is CC(C)=C[Si]C#Cc1ccccc1. The van der Waals surface area contributed by atoms with Gasteiger partial charge in [0.15, 0.2) is 9.52 Å². The van der Waals surface area contributed by atoms with Gasteiger partial charge in [0.1, 0.15) is 0 Å². The quantitative estimate of drug-likeness (QED) is 0.465. The normalized spacial score (nSPS) is 8.46. The zero-order valence-corrected chi connectivity index (χ0v) is 8.96. The zero-order valence-electron chi connectivity index (χ0n) is 7.96. The van der Waals surface area contributed by atoms with Crippen molar-refractivity contribution in [3.05, 3.63) is 47.2 Å². The van der Waals surface area contributed by atoms with Crippen molar-refractivity contribution in [2.75, 3.05) is 0 Å². The molecular weight excluding hydrogens is 172 g/mol. The lowest BCUT2D eigenvalue weighted by Crippen LogP contribution is -1.80. The molecule has 0 aromatic heterocycles. The Balaban J connectivity index is 2.54. The predicted octanol–water partition coefficient (Wildman–Crippen LogP) is 2.62. The molecule has 0 atom stereocenters. The predicted molar refractivity (Wildman–Crippen MR) is 58.5 cm³/mol. The number of hydrogen-bond donors (Lipinski definition) is 0. The molecule has 0 heterocycles. The first-order valence-corrected chi connectivity index (χ1v) is 5.32. The Morgan fingerprint density at radius 3 is 2.54 bits per heavy atom. The fraction of sp³-hybridized carbons (Fsp3) is 0.167. The van der Waals surface area contributed by atoms with Gasteiger partial charge < -0.3 is 0 Å². The number of allylic oxidation sites excluding steroid dienone is 1. The first-order valence-electron chi connectivity index (χ1n) is 4.24. The molecule has 0 amide bonds. The molecule has 0 aliphatic carbocycles. The molecule has 1 aromatic rings. The fourth-order valence-electron chi connectivity index (χ4n) is 0.810.